The third kappa shape index (κ3) is 5.81. The number of aryl methyl sites for hydroxylation is 1. The Hall–Kier alpha value is -2.41. The molecule has 2 aliphatic rings. The fourth-order valence-corrected chi connectivity index (χ4v) is 4.02. The molecule has 1 saturated heterocycles. The van der Waals surface area contributed by atoms with Crippen molar-refractivity contribution < 1.29 is 19.1 Å². The monoisotopic (exact) mass is 415 g/mol. The van der Waals surface area contributed by atoms with E-state index in [1.165, 1.54) is 0 Å². The van der Waals surface area contributed by atoms with Gasteiger partial charge >= 0.3 is 0 Å². The Labute approximate surface area is 178 Å². The molecule has 7 nitrogen and oxygen atoms in total. The maximum atomic E-state index is 12.9. The number of amides is 3. The molecule has 1 heterocycles. The standard InChI is InChI=1S/C23H33N3O4/c1-16-6-3-4-7-19(16)21(27)25-20(22(28)24-12-5-15-30-2)17-10-13-26(14-11-17)23(29)18-8-9-18/h3-4,6-7,17-18,20H,5,8-15H2,1-2H3,(H,24,28)(H,25,27). The molecule has 1 atom stereocenters. The quantitative estimate of drug-likeness (QED) is 0.603. The summed E-state index contributed by atoms with van der Waals surface area (Å²) in [4.78, 5) is 40.1. The topological polar surface area (TPSA) is 87.7 Å². The van der Waals surface area contributed by atoms with Gasteiger partial charge < -0.3 is 20.3 Å². The molecule has 2 N–H and O–H groups in total. The minimum absolute atomic E-state index is 0.00338. The fourth-order valence-electron chi connectivity index (χ4n) is 4.02. The van der Waals surface area contributed by atoms with Crippen LogP contribution in [0.5, 0.6) is 0 Å². The maximum absolute atomic E-state index is 12.9. The van der Waals surface area contributed by atoms with Gasteiger partial charge in [-0.15, -0.1) is 0 Å². The van der Waals surface area contributed by atoms with Gasteiger partial charge in [0.25, 0.3) is 5.91 Å². The predicted molar refractivity (Wildman–Crippen MR) is 114 cm³/mol. The van der Waals surface area contributed by atoms with Crippen LogP contribution in [0.25, 0.3) is 0 Å². The normalized spacial score (nSPS) is 18.0. The molecule has 7 heteroatoms. The molecule has 3 amide bonds. The minimum Gasteiger partial charge on any atom is -0.385 e. The highest BCUT2D eigenvalue weighted by atomic mass is 16.5. The highest BCUT2D eigenvalue weighted by Crippen LogP contribution is 2.33. The molecule has 2 fully saturated rings. The number of nitrogens with one attached hydrogen (secondary N) is 2. The summed E-state index contributed by atoms with van der Waals surface area (Å²) in [5, 5.41) is 5.91. The van der Waals surface area contributed by atoms with E-state index < -0.39 is 6.04 Å². The number of hydrogen-bond donors (Lipinski definition) is 2. The number of nitrogens with zero attached hydrogens (tertiary/aromatic N) is 1. The van der Waals surface area contributed by atoms with E-state index in [-0.39, 0.29) is 29.6 Å². The van der Waals surface area contributed by atoms with E-state index in [2.05, 4.69) is 10.6 Å². The van der Waals surface area contributed by atoms with Crippen LogP contribution < -0.4 is 10.6 Å². The van der Waals surface area contributed by atoms with Crippen molar-refractivity contribution in [2.45, 2.75) is 45.1 Å². The average molecular weight is 416 g/mol. The SMILES string of the molecule is COCCCNC(=O)C(NC(=O)c1ccccc1C)C1CCN(C(=O)C2CC2)CC1. The summed E-state index contributed by atoms with van der Waals surface area (Å²) in [7, 11) is 1.63. The van der Waals surface area contributed by atoms with Crippen molar-refractivity contribution in [2.24, 2.45) is 11.8 Å². The number of carbonyl (C=O) groups excluding carboxylic acids is 3. The molecule has 164 valence electrons. The molecule has 0 aromatic heterocycles. The minimum atomic E-state index is -0.613. The van der Waals surface area contributed by atoms with Crippen molar-refractivity contribution in [1.29, 1.82) is 0 Å². The molecule has 0 spiro atoms. The molecule has 1 aliphatic carbocycles. The van der Waals surface area contributed by atoms with Crippen molar-refractivity contribution in [1.82, 2.24) is 15.5 Å². The summed E-state index contributed by atoms with van der Waals surface area (Å²) in [6.07, 6.45) is 4.13. The third-order valence-electron chi connectivity index (χ3n) is 6.03. The number of rotatable bonds is 9. The number of piperidine rings is 1. The zero-order chi connectivity index (χ0) is 21.5. The molecule has 1 unspecified atom stereocenters. The molecule has 0 radical (unpaired) electrons. The lowest BCUT2D eigenvalue weighted by atomic mass is 9.88. The average Bonchev–Trinajstić information content (AvgIpc) is 3.60. The number of methoxy groups -OCH3 is 1. The molecule has 1 aromatic rings. The van der Waals surface area contributed by atoms with Crippen LogP contribution in [-0.4, -0.2) is 62.0 Å². The van der Waals surface area contributed by atoms with Gasteiger partial charge in [0.2, 0.25) is 11.8 Å². The van der Waals surface area contributed by atoms with Gasteiger partial charge in [-0.2, -0.15) is 0 Å². The van der Waals surface area contributed by atoms with Gasteiger partial charge in [0.05, 0.1) is 0 Å². The zero-order valence-corrected chi connectivity index (χ0v) is 18.0. The van der Waals surface area contributed by atoms with Crippen LogP contribution in [0.15, 0.2) is 24.3 Å². The molecule has 1 aromatic carbocycles. The van der Waals surface area contributed by atoms with Crippen LogP contribution in [0, 0.1) is 18.8 Å². The Morgan fingerprint density at radius 3 is 2.47 bits per heavy atom. The maximum Gasteiger partial charge on any atom is 0.252 e. The largest absolute Gasteiger partial charge is 0.385 e. The summed E-state index contributed by atoms with van der Waals surface area (Å²) in [5.74, 6) is 0.0606. The second-order valence-electron chi connectivity index (χ2n) is 8.34. The van der Waals surface area contributed by atoms with E-state index in [9.17, 15) is 14.4 Å². The summed E-state index contributed by atoms with van der Waals surface area (Å²) in [6.45, 7) is 4.25. The lowest BCUT2D eigenvalue weighted by molar-refractivity contribution is -0.134. The highest BCUT2D eigenvalue weighted by Gasteiger charge is 2.38. The van der Waals surface area contributed by atoms with Crippen LogP contribution in [0.1, 0.15) is 48.0 Å². The summed E-state index contributed by atoms with van der Waals surface area (Å²) >= 11 is 0. The van der Waals surface area contributed by atoms with E-state index in [4.69, 9.17) is 4.74 Å². The van der Waals surface area contributed by atoms with Crippen molar-refractivity contribution in [3.05, 3.63) is 35.4 Å². The lowest BCUT2D eigenvalue weighted by Crippen LogP contribution is -2.54. The first-order chi connectivity index (χ1) is 14.5. The van der Waals surface area contributed by atoms with E-state index in [1.807, 2.05) is 30.0 Å². The molecule has 1 aliphatic heterocycles. The van der Waals surface area contributed by atoms with E-state index >= 15 is 0 Å². The van der Waals surface area contributed by atoms with Crippen LogP contribution >= 0.6 is 0 Å². The first kappa shape index (κ1) is 22.3. The van der Waals surface area contributed by atoms with Gasteiger partial charge in [0.1, 0.15) is 6.04 Å². The predicted octanol–water partition coefficient (Wildman–Crippen LogP) is 1.89. The van der Waals surface area contributed by atoms with Crippen molar-refractivity contribution in [2.75, 3.05) is 33.4 Å². The van der Waals surface area contributed by atoms with Crippen molar-refractivity contribution in [3.8, 4) is 0 Å². The molecule has 3 rings (SSSR count). The zero-order valence-electron chi connectivity index (χ0n) is 18.0. The van der Waals surface area contributed by atoms with Gasteiger partial charge in [-0.05, 0) is 56.6 Å². The van der Waals surface area contributed by atoms with Gasteiger partial charge in [0.15, 0.2) is 0 Å². The molecular formula is C23H33N3O4. The Morgan fingerprint density at radius 1 is 1.13 bits per heavy atom. The number of likely N-dealkylation sites (tertiary alicyclic amines) is 1. The summed E-state index contributed by atoms with van der Waals surface area (Å²) in [6, 6.07) is 6.76. The number of hydrogen-bond acceptors (Lipinski definition) is 4. The van der Waals surface area contributed by atoms with Crippen LogP contribution in [0.3, 0.4) is 0 Å². The molecule has 30 heavy (non-hydrogen) atoms. The van der Waals surface area contributed by atoms with Gasteiger partial charge in [-0.25, -0.2) is 0 Å². The lowest BCUT2D eigenvalue weighted by Gasteiger charge is -2.36. The van der Waals surface area contributed by atoms with E-state index in [0.29, 0.717) is 44.6 Å². The first-order valence-electron chi connectivity index (χ1n) is 10.9. The summed E-state index contributed by atoms with van der Waals surface area (Å²) in [5.41, 5.74) is 1.45. The Kier molecular flexibility index (Phi) is 7.85. The van der Waals surface area contributed by atoms with Gasteiger partial charge in [-0.3, -0.25) is 14.4 Å². The van der Waals surface area contributed by atoms with E-state index in [1.54, 1.807) is 13.2 Å². The number of carbonyl (C=O) groups is 3. The van der Waals surface area contributed by atoms with Crippen molar-refractivity contribution in [3.63, 3.8) is 0 Å². The van der Waals surface area contributed by atoms with Crippen LogP contribution in [0.2, 0.25) is 0 Å². The number of benzene rings is 1. The van der Waals surface area contributed by atoms with Gasteiger partial charge in [-0.1, -0.05) is 18.2 Å². The van der Waals surface area contributed by atoms with Crippen molar-refractivity contribution >= 4 is 17.7 Å². The molecular weight excluding hydrogens is 382 g/mol. The summed E-state index contributed by atoms with van der Waals surface area (Å²) < 4.78 is 5.04. The Balaban J connectivity index is 1.64. The second-order valence-corrected chi connectivity index (χ2v) is 8.34. The Bertz CT molecular complexity index is 755. The highest BCUT2D eigenvalue weighted by molar-refractivity contribution is 5.98. The van der Waals surface area contributed by atoms with Crippen LogP contribution in [0.4, 0.5) is 0 Å². The fraction of sp³-hybridized carbons (Fsp3) is 0.609. The van der Waals surface area contributed by atoms with Gasteiger partial charge in [0, 0.05) is 44.8 Å². The second kappa shape index (κ2) is 10.6. The van der Waals surface area contributed by atoms with Crippen LogP contribution in [-0.2, 0) is 14.3 Å². The smallest absolute Gasteiger partial charge is 0.252 e. The first-order valence-corrected chi connectivity index (χ1v) is 10.9. The third-order valence-corrected chi connectivity index (χ3v) is 6.03. The molecule has 1 saturated carbocycles. The molecule has 0 bridgehead atoms. The number of ether oxygens (including phenoxy) is 1. The Morgan fingerprint density at radius 2 is 1.83 bits per heavy atom. The van der Waals surface area contributed by atoms with E-state index in [0.717, 1.165) is 24.8 Å².